The molecule has 8 rings (SSSR count). The van der Waals surface area contributed by atoms with E-state index in [1.54, 1.807) is 0 Å². The van der Waals surface area contributed by atoms with E-state index in [1.165, 1.54) is 56.5 Å². The van der Waals surface area contributed by atoms with Gasteiger partial charge in [0.15, 0.2) is 0 Å². The molecule has 5 aromatic rings. The van der Waals surface area contributed by atoms with Crippen LogP contribution in [0, 0.1) is 0 Å². The molecule has 0 aromatic carbocycles. The summed E-state index contributed by atoms with van der Waals surface area (Å²) in [6, 6.07) is 1.96. The molecule has 0 unspecified atom stereocenters. The molecule has 234 valence electrons. The van der Waals surface area contributed by atoms with E-state index in [0.29, 0.717) is 62.4 Å². The second-order valence-electron chi connectivity index (χ2n) is 10.8. The van der Waals surface area contributed by atoms with Crippen LogP contribution in [-0.2, 0) is 52.5 Å². The van der Waals surface area contributed by atoms with Gasteiger partial charge < -0.3 is 5.32 Å². The van der Waals surface area contributed by atoms with Crippen molar-refractivity contribution in [3.05, 3.63) is 62.1 Å². The Morgan fingerprint density at radius 1 is 0.822 bits per heavy atom. The van der Waals surface area contributed by atoms with Crippen molar-refractivity contribution in [3.63, 3.8) is 0 Å². The number of rotatable bonds is 4. The van der Waals surface area contributed by atoms with Gasteiger partial charge in [-0.1, -0.05) is 11.6 Å². The molecule has 8 heterocycles. The zero-order valence-electron chi connectivity index (χ0n) is 24.1. The maximum absolute atomic E-state index is 11.9. The standard InChI is InChI=1S/C17H16N6O2S2.C10H10ClN3O2S2/c1-27(24,25)23-3-2-12-13(8-23)26-17-15(12)16(20-9-21-17)22-14-4-10-5-18-6-11(10)7-19-14;1-18(15,16)14-3-2-6-7(4-14)17-10-8(6)9(11)12-5-13-10/h4-5,7,9H,2-3,6,8H2,1H3,(H,19,20,21,22);5H,2-4H2,1H3. The average Bonchev–Trinajstić information content (AvgIpc) is 3.71. The van der Waals surface area contributed by atoms with E-state index < -0.39 is 20.0 Å². The lowest BCUT2D eigenvalue weighted by Gasteiger charge is -2.24. The van der Waals surface area contributed by atoms with Gasteiger partial charge in [-0.05, 0) is 30.0 Å². The fraction of sp³-hybridized carbons (Fsp3) is 0.333. The van der Waals surface area contributed by atoms with Crippen LogP contribution >= 0.6 is 34.3 Å². The number of thiophene rings is 2. The number of halogens is 1. The number of fused-ring (bicyclic) bond motifs is 7. The van der Waals surface area contributed by atoms with Crippen molar-refractivity contribution in [2.45, 2.75) is 32.5 Å². The lowest BCUT2D eigenvalue weighted by molar-refractivity contribution is 0.400. The number of nitrogens with zero attached hydrogens (tertiary/aromatic N) is 8. The summed E-state index contributed by atoms with van der Waals surface area (Å²) in [4.78, 5) is 29.4. The van der Waals surface area contributed by atoms with E-state index in [4.69, 9.17) is 11.6 Å². The molecule has 0 spiro atoms. The van der Waals surface area contributed by atoms with Gasteiger partial charge in [0.1, 0.15) is 39.1 Å². The Hall–Kier alpha value is -3.19. The van der Waals surface area contributed by atoms with Gasteiger partial charge in [-0.3, -0.25) is 4.99 Å². The first kappa shape index (κ1) is 30.5. The molecule has 0 amide bonds. The van der Waals surface area contributed by atoms with Crippen molar-refractivity contribution in [2.75, 3.05) is 30.9 Å². The fourth-order valence-electron chi connectivity index (χ4n) is 5.61. The lowest BCUT2D eigenvalue weighted by Crippen LogP contribution is -2.34. The van der Waals surface area contributed by atoms with Gasteiger partial charge in [-0.25, -0.2) is 41.8 Å². The minimum atomic E-state index is -3.20. The summed E-state index contributed by atoms with van der Waals surface area (Å²) >= 11 is 9.10. The lowest BCUT2D eigenvalue weighted by atomic mass is 10.1. The normalized spacial score (nSPS) is 16.7. The highest BCUT2D eigenvalue weighted by molar-refractivity contribution is 7.88. The van der Waals surface area contributed by atoms with Gasteiger partial charge in [-0.15, -0.1) is 22.7 Å². The van der Waals surface area contributed by atoms with Gasteiger partial charge in [0.2, 0.25) is 20.0 Å². The largest absolute Gasteiger partial charge is 0.324 e. The maximum atomic E-state index is 11.9. The van der Waals surface area contributed by atoms with Gasteiger partial charge in [-0.2, -0.15) is 8.61 Å². The molecule has 1 N–H and O–H groups in total. The van der Waals surface area contributed by atoms with Gasteiger partial charge in [0, 0.05) is 59.5 Å². The van der Waals surface area contributed by atoms with E-state index in [2.05, 4.69) is 35.2 Å². The third kappa shape index (κ3) is 5.93. The molecular formula is C27H26ClN9O4S4. The van der Waals surface area contributed by atoms with Crippen LogP contribution in [0.25, 0.3) is 20.4 Å². The molecule has 0 aliphatic carbocycles. The van der Waals surface area contributed by atoms with Crippen LogP contribution in [0.3, 0.4) is 0 Å². The number of sulfonamides is 2. The SMILES string of the molecule is CS(=O)(=O)N1CCc2c(sc3ncnc(Cl)c23)C1.CS(=O)(=O)N1CCc2c(sc3ncnc(Nc4cc5c(cn4)CN=C5)c23)C1. The van der Waals surface area contributed by atoms with Crippen LogP contribution < -0.4 is 5.32 Å². The Labute approximate surface area is 272 Å². The van der Waals surface area contributed by atoms with Gasteiger partial charge >= 0.3 is 0 Å². The predicted octanol–water partition coefficient (Wildman–Crippen LogP) is 3.74. The summed E-state index contributed by atoms with van der Waals surface area (Å²) in [7, 11) is -6.35. The number of hydrogen-bond acceptors (Lipinski definition) is 13. The van der Waals surface area contributed by atoms with Crippen LogP contribution in [-0.4, -0.2) is 82.2 Å². The molecule has 18 heteroatoms. The van der Waals surface area contributed by atoms with Crippen LogP contribution in [0.4, 0.5) is 11.6 Å². The smallest absolute Gasteiger partial charge is 0.211 e. The van der Waals surface area contributed by atoms with Gasteiger partial charge in [0.05, 0.1) is 29.8 Å². The first-order chi connectivity index (χ1) is 21.5. The van der Waals surface area contributed by atoms with E-state index in [0.717, 1.165) is 52.4 Å². The average molecular weight is 704 g/mol. The van der Waals surface area contributed by atoms with Crippen molar-refractivity contribution in [1.29, 1.82) is 0 Å². The number of aromatic nitrogens is 5. The molecule has 0 fully saturated rings. The number of hydrogen-bond donors (Lipinski definition) is 1. The first-order valence-electron chi connectivity index (χ1n) is 13.8. The first-order valence-corrected chi connectivity index (χ1v) is 19.5. The summed E-state index contributed by atoms with van der Waals surface area (Å²) in [6.07, 6.45) is 10.4. The summed E-state index contributed by atoms with van der Waals surface area (Å²) < 4.78 is 49.9. The highest BCUT2D eigenvalue weighted by Gasteiger charge is 2.29. The Kier molecular flexibility index (Phi) is 7.82. The molecule has 0 saturated heterocycles. The van der Waals surface area contributed by atoms with Gasteiger partial charge in [0.25, 0.3) is 0 Å². The van der Waals surface area contributed by atoms with E-state index in [1.807, 2.05) is 18.5 Å². The third-order valence-corrected chi connectivity index (χ3v) is 12.9. The second-order valence-corrected chi connectivity index (χ2v) is 17.3. The van der Waals surface area contributed by atoms with E-state index >= 15 is 0 Å². The van der Waals surface area contributed by atoms with Crippen molar-refractivity contribution in [2.24, 2.45) is 4.99 Å². The molecule has 5 aromatic heterocycles. The molecule has 45 heavy (non-hydrogen) atoms. The Bertz CT molecular complexity index is 2240. The minimum absolute atomic E-state index is 0.391. The van der Waals surface area contributed by atoms with E-state index in [9.17, 15) is 16.8 Å². The zero-order chi connectivity index (χ0) is 31.5. The van der Waals surface area contributed by atoms with E-state index in [-0.39, 0.29) is 0 Å². The predicted molar refractivity (Wildman–Crippen MR) is 177 cm³/mol. The van der Waals surface area contributed by atoms with Crippen molar-refractivity contribution in [3.8, 4) is 0 Å². The molecule has 13 nitrogen and oxygen atoms in total. The molecule has 0 saturated carbocycles. The summed E-state index contributed by atoms with van der Waals surface area (Å²) in [5, 5.41) is 5.60. The Morgan fingerprint density at radius 2 is 1.42 bits per heavy atom. The third-order valence-electron chi connectivity index (χ3n) is 7.86. The van der Waals surface area contributed by atoms with Crippen molar-refractivity contribution < 1.29 is 16.8 Å². The summed E-state index contributed by atoms with van der Waals surface area (Å²) in [5.41, 5.74) is 4.40. The zero-order valence-corrected chi connectivity index (χ0v) is 28.1. The maximum Gasteiger partial charge on any atom is 0.211 e. The number of anilines is 2. The van der Waals surface area contributed by atoms with Crippen molar-refractivity contribution >= 4 is 92.6 Å². The van der Waals surface area contributed by atoms with Crippen LogP contribution in [0.5, 0.6) is 0 Å². The summed E-state index contributed by atoms with van der Waals surface area (Å²) in [5.74, 6) is 1.41. The Morgan fingerprint density at radius 3 is 2.07 bits per heavy atom. The molecule has 3 aliphatic rings. The monoisotopic (exact) mass is 703 g/mol. The minimum Gasteiger partial charge on any atom is -0.324 e. The number of nitrogens with one attached hydrogen (secondary N) is 1. The number of pyridine rings is 1. The Balaban J connectivity index is 0.000000157. The molecule has 0 atom stereocenters. The molecule has 0 bridgehead atoms. The molecular weight excluding hydrogens is 678 g/mol. The quantitative estimate of drug-likeness (QED) is 0.273. The molecule has 0 radical (unpaired) electrons. The van der Waals surface area contributed by atoms with Crippen LogP contribution in [0.15, 0.2) is 29.9 Å². The van der Waals surface area contributed by atoms with Crippen LogP contribution in [0.1, 0.15) is 32.0 Å². The highest BCUT2D eigenvalue weighted by atomic mass is 35.5. The van der Waals surface area contributed by atoms with Crippen molar-refractivity contribution in [1.82, 2.24) is 33.5 Å². The highest BCUT2D eigenvalue weighted by Crippen LogP contribution is 2.39. The second kappa shape index (κ2) is 11.6. The summed E-state index contributed by atoms with van der Waals surface area (Å²) in [6.45, 7) is 2.44. The topological polar surface area (TPSA) is 164 Å². The fourth-order valence-corrected chi connectivity index (χ4v) is 10.1. The van der Waals surface area contributed by atoms with Crippen LogP contribution in [0.2, 0.25) is 5.15 Å². The number of aliphatic imine (C=N–C) groups is 1. The molecule has 3 aliphatic heterocycles.